The third-order valence-electron chi connectivity index (χ3n) is 4.34. The standard InChI is InChI=1S/C21H19BrF3N3O2/c1-14-19(11-27-28(14)18-8-6-17(22)7-9-18)20(29)26-10-15-2-4-16(5-3-15)12-30-13-21(23,24)25/h2-9,11H,10,12-13H2,1H3,(H,26,29). The van der Waals surface area contributed by atoms with Crippen molar-refractivity contribution in [1.82, 2.24) is 15.1 Å². The lowest BCUT2D eigenvalue weighted by atomic mass is 10.1. The Morgan fingerprint density at radius 2 is 1.73 bits per heavy atom. The van der Waals surface area contributed by atoms with Crippen LogP contribution in [0.2, 0.25) is 0 Å². The minimum Gasteiger partial charge on any atom is -0.367 e. The number of amides is 1. The summed E-state index contributed by atoms with van der Waals surface area (Å²) >= 11 is 3.39. The van der Waals surface area contributed by atoms with Crippen molar-refractivity contribution >= 4 is 21.8 Å². The zero-order valence-electron chi connectivity index (χ0n) is 16.0. The molecule has 0 bridgehead atoms. The number of carbonyl (C=O) groups is 1. The summed E-state index contributed by atoms with van der Waals surface area (Å²) in [4.78, 5) is 12.5. The van der Waals surface area contributed by atoms with Gasteiger partial charge in [0.25, 0.3) is 5.91 Å². The molecule has 0 radical (unpaired) electrons. The summed E-state index contributed by atoms with van der Waals surface area (Å²) in [7, 11) is 0. The lowest BCUT2D eigenvalue weighted by Gasteiger charge is -2.09. The first-order valence-corrected chi connectivity index (χ1v) is 9.83. The molecule has 0 spiro atoms. The van der Waals surface area contributed by atoms with Gasteiger partial charge in [0.1, 0.15) is 6.61 Å². The molecule has 1 aromatic heterocycles. The smallest absolute Gasteiger partial charge is 0.367 e. The van der Waals surface area contributed by atoms with Gasteiger partial charge in [-0.3, -0.25) is 4.79 Å². The van der Waals surface area contributed by atoms with E-state index in [0.29, 0.717) is 16.8 Å². The van der Waals surface area contributed by atoms with Crippen molar-refractivity contribution in [3.63, 3.8) is 0 Å². The molecular formula is C21H19BrF3N3O2. The molecule has 2 aromatic carbocycles. The Morgan fingerprint density at radius 1 is 1.10 bits per heavy atom. The highest BCUT2D eigenvalue weighted by Crippen LogP contribution is 2.18. The minimum atomic E-state index is -4.34. The van der Waals surface area contributed by atoms with Crippen LogP contribution in [0.25, 0.3) is 5.69 Å². The van der Waals surface area contributed by atoms with Crippen molar-refractivity contribution < 1.29 is 22.7 Å². The van der Waals surface area contributed by atoms with Gasteiger partial charge >= 0.3 is 6.18 Å². The van der Waals surface area contributed by atoms with Crippen molar-refractivity contribution in [2.24, 2.45) is 0 Å². The molecule has 9 heteroatoms. The van der Waals surface area contributed by atoms with E-state index in [9.17, 15) is 18.0 Å². The molecule has 0 unspecified atom stereocenters. The first-order chi connectivity index (χ1) is 14.2. The lowest BCUT2D eigenvalue weighted by Crippen LogP contribution is -2.23. The van der Waals surface area contributed by atoms with Gasteiger partial charge in [0, 0.05) is 11.0 Å². The van der Waals surface area contributed by atoms with E-state index >= 15 is 0 Å². The van der Waals surface area contributed by atoms with Gasteiger partial charge in [-0.1, -0.05) is 40.2 Å². The van der Waals surface area contributed by atoms with E-state index in [1.165, 1.54) is 6.20 Å². The summed E-state index contributed by atoms with van der Waals surface area (Å²) in [5.41, 5.74) is 3.47. The van der Waals surface area contributed by atoms with Gasteiger partial charge in [-0.2, -0.15) is 18.3 Å². The molecule has 30 heavy (non-hydrogen) atoms. The van der Waals surface area contributed by atoms with Crippen LogP contribution < -0.4 is 5.32 Å². The molecule has 0 aliphatic heterocycles. The third kappa shape index (κ3) is 5.93. The first kappa shape index (κ1) is 22.0. The summed E-state index contributed by atoms with van der Waals surface area (Å²) in [6.45, 7) is 0.698. The highest BCUT2D eigenvalue weighted by atomic mass is 79.9. The Balaban J connectivity index is 1.56. The molecule has 1 amide bonds. The van der Waals surface area contributed by atoms with Crippen LogP contribution in [0.4, 0.5) is 13.2 Å². The molecule has 0 aliphatic rings. The van der Waals surface area contributed by atoms with E-state index in [-0.39, 0.29) is 19.1 Å². The van der Waals surface area contributed by atoms with Gasteiger partial charge in [0.2, 0.25) is 0 Å². The van der Waals surface area contributed by atoms with Crippen LogP contribution in [0.1, 0.15) is 27.2 Å². The molecule has 5 nitrogen and oxygen atoms in total. The van der Waals surface area contributed by atoms with Crippen LogP contribution in [-0.4, -0.2) is 28.5 Å². The zero-order valence-corrected chi connectivity index (χ0v) is 17.6. The van der Waals surface area contributed by atoms with Crippen LogP contribution in [0, 0.1) is 6.92 Å². The Morgan fingerprint density at radius 3 is 2.37 bits per heavy atom. The molecule has 1 N–H and O–H groups in total. The molecule has 0 aliphatic carbocycles. The van der Waals surface area contributed by atoms with Gasteiger partial charge in [-0.15, -0.1) is 0 Å². The molecule has 0 saturated heterocycles. The Bertz CT molecular complexity index is 1000. The Labute approximate surface area is 180 Å². The van der Waals surface area contributed by atoms with Crippen molar-refractivity contribution in [3.8, 4) is 5.69 Å². The number of hydrogen-bond acceptors (Lipinski definition) is 3. The fourth-order valence-electron chi connectivity index (χ4n) is 2.79. The van der Waals surface area contributed by atoms with Gasteiger partial charge < -0.3 is 10.1 Å². The van der Waals surface area contributed by atoms with Crippen molar-refractivity contribution in [1.29, 1.82) is 0 Å². The Hall–Kier alpha value is -2.65. The number of nitrogens with one attached hydrogen (secondary N) is 1. The van der Waals surface area contributed by atoms with Crippen LogP contribution in [0.5, 0.6) is 0 Å². The monoisotopic (exact) mass is 481 g/mol. The van der Waals surface area contributed by atoms with Gasteiger partial charge in [0.15, 0.2) is 0 Å². The number of rotatable bonds is 7. The topological polar surface area (TPSA) is 56.1 Å². The third-order valence-corrected chi connectivity index (χ3v) is 4.86. The van der Waals surface area contributed by atoms with Crippen LogP contribution >= 0.6 is 15.9 Å². The maximum atomic E-state index is 12.5. The van der Waals surface area contributed by atoms with Crippen LogP contribution in [-0.2, 0) is 17.9 Å². The predicted octanol–water partition coefficient (Wildman–Crippen LogP) is 4.95. The lowest BCUT2D eigenvalue weighted by molar-refractivity contribution is -0.176. The largest absolute Gasteiger partial charge is 0.411 e. The Kier molecular flexibility index (Phi) is 6.94. The molecule has 0 fully saturated rings. The number of halogens is 4. The minimum absolute atomic E-state index is 0.124. The summed E-state index contributed by atoms with van der Waals surface area (Å²) in [5, 5.41) is 7.13. The second kappa shape index (κ2) is 9.44. The molecule has 3 aromatic rings. The summed E-state index contributed by atoms with van der Waals surface area (Å²) in [6, 6.07) is 14.4. The number of benzene rings is 2. The summed E-state index contributed by atoms with van der Waals surface area (Å²) < 4.78 is 43.6. The van der Waals surface area contributed by atoms with Gasteiger partial charge in [-0.05, 0) is 42.3 Å². The normalized spacial score (nSPS) is 11.5. The molecule has 3 rings (SSSR count). The molecule has 158 valence electrons. The molecule has 1 heterocycles. The second-order valence-electron chi connectivity index (χ2n) is 6.64. The number of aromatic nitrogens is 2. The van der Waals surface area contributed by atoms with E-state index in [1.54, 1.807) is 28.9 Å². The first-order valence-electron chi connectivity index (χ1n) is 9.04. The van der Waals surface area contributed by atoms with Crippen molar-refractivity contribution in [2.75, 3.05) is 6.61 Å². The van der Waals surface area contributed by atoms with Gasteiger partial charge in [0.05, 0.1) is 29.7 Å². The number of carbonyl (C=O) groups excluding carboxylic acids is 1. The zero-order chi connectivity index (χ0) is 21.7. The fraction of sp³-hybridized carbons (Fsp3) is 0.238. The van der Waals surface area contributed by atoms with E-state index in [1.807, 2.05) is 31.2 Å². The average molecular weight is 482 g/mol. The second-order valence-corrected chi connectivity index (χ2v) is 7.55. The van der Waals surface area contributed by atoms with E-state index in [2.05, 4.69) is 31.1 Å². The highest BCUT2D eigenvalue weighted by molar-refractivity contribution is 9.10. The fourth-order valence-corrected chi connectivity index (χ4v) is 3.05. The number of alkyl halides is 3. The number of nitrogens with zero attached hydrogens (tertiary/aromatic N) is 2. The maximum Gasteiger partial charge on any atom is 0.411 e. The number of ether oxygens (including phenoxy) is 1. The predicted molar refractivity (Wildman–Crippen MR) is 109 cm³/mol. The van der Waals surface area contributed by atoms with Crippen molar-refractivity contribution in [3.05, 3.63) is 81.6 Å². The molecule has 0 atom stereocenters. The molecular weight excluding hydrogens is 463 g/mol. The summed E-state index contributed by atoms with van der Waals surface area (Å²) in [6.07, 6.45) is -2.82. The van der Waals surface area contributed by atoms with E-state index in [4.69, 9.17) is 0 Å². The SMILES string of the molecule is Cc1c(C(=O)NCc2ccc(COCC(F)(F)F)cc2)cnn1-c1ccc(Br)cc1. The quantitative estimate of drug-likeness (QED) is 0.519. The van der Waals surface area contributed by atoms with Crippen LogP contribution in [0.15, 0.2) is 59.2 Å². The van der Waals surface area contributed by atoms with E-state index < -0.39 is 12.8 Å². The van der Waals surface area contributed by atoms with Crippen molar-refractivity contribution in [2.45, 2.75) is 26.3 Å². The maximum absolute atomic E-state index is 12.5. The van der Waals surface area contributed by atoms with Gasteiger partial charge in [-0.25, -0.2) is 4.68 Å². The van der Waals surface area contributed by atoms with Crippen LogP contribution in [0.3, 0.4) is 0 Å². The molecule has 0 saturated carbocycles. The summed E-state index contributed by atoms with van der Waals surface area (Å²) in [5.74, 6) is -0.256. The number of hydrogen-bond donors (Lipinski definition) is 1. The highest BCUT2D eigenvalue weighted by Gasteiger charge is 2.27. The average Bonchev–Trinajstić information content (AvgIpc) is 3.08. The van der Waals surface area contributed by atoms with E-state index in [0.717, 1.165) is 15.7 Å².